The summed E-state index contributed by atoms with van der Waals surface area (Å²) >= 11 is 1.46. The summed E-state index contributed by atoms with van der Waals surface area (Å²) in [5.74, 6) is -1.06. The van der Waals surface area contributed by atoms with E-state index >= 15 is 0 Å². The molecule has 0 aliphatic rings. The van der Waals surface area contributed by atoms with E-state index in [1.54, 1.807) is 4.68 Å². The van der Waals surface area contributed by atoms with Crippen LogP contribution in [0.25, 0.3) is 10.6 Å². The second-order valence-electron chi connectivity index (χ2n) is 3.55. The minimum atomic E-state index is -1.06. The lowest BCUT2D eigenvalue weighted by Crippen LogP contribution is -2.03. The molecule has 90 valence electrons. The molecule has 0 unspecified atom stereocenters. The van der Waals surface area contributed by atoms with E-state index in [0.29, 0.717) is 12.2 Å². The van der Waals surface area contributed by atoms with Gasteiger partial charge >= 0.3 is 5.97 Å². The molecule has 17 heavy (non-hydrogen) atoms. The largest absolute Gasteiger partial charge is 0.476 e. The molecule has 0 amide bonds. The Morgan fingerprint density at radius 2 is 2.18 bits per heavy atom. The van der Waals surface area contributed by atoms with Crippen LogP contribution in [0.2, 0.25) is 0 Å². The first-order valence-corrected chi connectivity index (χ1v) is 5.97. The summed E-state index contributed by atoms with van der Waals surface area (Å²) in [5, 5.41) is 17.6. The zero-order valence-electron chi connectivity index (χ0n) is 9.76. The first-order valence-electron chi connectivity index (χ1n) is 5.15. The van der Waals surface area contributed by atoms with Crippen molar-refractivity contribution in [2.75, 3.05) is 0 Å². The van der Waals surface area contributed by atoms with Crippen LogP contribution in [-0.2, 0) is 6.54 Å². The lowest BCUT2D eigenvalue weighted by Gasteiger charge is -2.02. The zero-order chi connectivity index (χ0) is 12.6. The Kier molecular flexibility index (Phi) is 2.93. The molecule has 0 atom stereocenters. The maximum atomic E-state index is 11.1. The van der Waals surface area contributed by atoms with E-state index in [1.807, 2.05) is 20.8 Å². The van der Waals surface area contributed by atoms with Gasteiger partial charge in [-0.25, -0.2) is 14.5 Å². The van der Waals surface area contributed by atoms with Gasteiger partial charge < -0.3 is 5.11 Å². The molecule has 0 bridgehead atoms. The van der Waals surface area contributed by atoms with Gasteiger partial charge in [-0.05, 0) is 20.8 Å². The van der Waals surface area contributed by atoms with Crippen LogP contribution in [0.15, 0.2) is 0 Å². The third-order valence-electron chi connectivity index (χ3n) is 2.36. The predicted octanol–water partition coefficient (Wildman–Crippen LogP) is 1.74. The third kappa shape index (κ3) is 1.93. The van der Waals surface area contributed by atoms with E-state index in [1.165, 1.54) is 11.3 Å². The zero-order valence-corrected chi connectivity index (χ0v) is 10.6. The van der Waals surface area contributed by atoms with Crippen molar-refractivity contribution in [3.63, 3.8) is 0 Å². The van der Waals surface area contributed by atoms with Gasteiger partial charge in [0.25, 0.3) is 0 Å². The van der Waals surface area contributed by atoms with Crippen LogP contribution in [0.4, 0.5) is 0 Å². The molecule has 7 heteroatoms. The summed E-state index contributed by atoms with van der Waals surface area (Å²) in [4.78, 5) is 16.2. The predicted molar refractivity (Wildman–Crippen MR) is 63.2 cm³/mol. The molecule has 0 aliphatic carbocycles. The second kappa shape index (κ2) is 4.25. The fourth-order valence-electron chi connectivity index (χ4n) is 1.65. The van der Waals surface area contributed by atoms with Crippen LogP contribution in [0.5, 0.6) is 0 Å². The molecule has 6 nitrogen and oxygen atoms in total. The number of thiazole rings is 1. The molecule has 0 radical (unpaired) electrons. The Morgan fingerprint density at radius 1 is 1.47 bits per heavy atom. The number of carboxylic acids is 1. The number of aromatic carboxylic acids is 1. The van der Waals surface area contributed by atoms with Crippen molar-refractivity contribution in [2.45, 2.75) is 27.3 Å². The summed E-state index contributed by atoms with van der Waals surface area (Å²) in [5.41, 5.74) is 1.34. The normalized spacial score (nSPS) is 10.8. The molecule has 0 saturated carbocycles. The molecule has 0 spiro atoms. The summed E-state index contributed by atoms with van der Waals surface area (Å²) in [6, 6.07) is 0. The van der Waals surface area contributed by atoms with Crippen molar-refractivity contribution in [1.29, 1.82) is 0 Å². The van der Waals surface area contributed by atoms with E-state index in [9.17, 15) is 4.79 Å². The van der Waals surface area contributed by atoms with Crippen molar-refractivity contribution in [3.05, 3.63) is 16.4 Å². The number of hydrogen-bond donors (Lipinski definition) is 1. The lowest BCUT2D eigenvalue weighted by molar-refractivity contribution is 0.0691. The Balaban J connectivity index is 2.68. The van der Waals surface area contributed by atoms with Gasteiger partial charge in [-0.2, -0.15) is 0 Å². The molecule has 0 saturated heterocycles. The number of nitrogens with zero attached hydrogens (tertiary/aromatic N) is 4. The minimum absolute atomic E-state index is 0.0152. The number of aromatic nitrogens is 4. The van der Waals surface area contributed by atoms with Gasteiger partial charge in [0.05, 0.1) is 15.6 Å². The Labute approximate surface area is 102 Å². The van der Waals surface area contributed by atoms with Crippen LogP contribution in [0.1, 0.15) is 28.1 Å². The number of carboxylic acid groups (broad SMARTS) is 1. The van der Waals surface area contributed by atoms with Gasteiger partial charge in [0, 0.05) is 6.54 Å². The molecule has 2 heterocycles. The third-order valence-corrected chi connectivity index (χ3v) is 3.44. The SMILES string of the molecule is CCn1nnc(C(=O)O)c1-c1sc(C)nc1C. The molecule has 0 aliphatic heterocycles. The van der Waals surface area contributed by atoms with Crippen LogP contribution in [0, 0.1) is 13.8 Å². The molecule has 2 aromatic heterocycles. The number of carbonyl (C=O) groups is 1. The van der Waals surface area contributed by atoms with Gasteiger partial charge in [0.2, 0.25) is 0 Å². The second-order valence-corrected chi connectivity index (χ2v) is 4.76. The summed E-state index contributed by atoms with van der Waals surface area (Å²) < 4.78 is 1.59. The molecule has 0 aromatic carbocycles. The molecular weight excluding hydrogens is 240 g/mol. The van der Waals surface area contributed by atoms with Crippen molar-refractivity contribution in [3.8, 4) is 10.6 Å². The van der Waals surface area contributed by atoms with E-state index in [0.717, 1.165) is 15.6 Å². The molecule has 2 aromatic rings. The average molecular weight is 252 g/mol. The Bertz CT molecular complexity index is 573. The smallest absolute Gasteiger partial charge is 0.358 e. The number of hydrogen-bond acceptors (Lipinski definition) is 5. The molecule has 1 N–H and O–H groups in total. The van der Waals surface area contributed by atoms with Gasteiger partial charge in [0.15, 0.2) is 5.69 Å². The number of rotatable bonds is 3. The summed E-state index contributed by atoms with van der Waals surface area (Å²) in [7, 11) is 0. The highest BCUT2D eigenvalue weighted by Crippen LogP contribution is 2.31. The van der Waals surface area contributed by atoms with Crippen LogP contribution < -0.4 is 0 Å². The van der Waals surface area contributed by atoms with Crippen LogP contribution >= 0.6 is 11.3 Å². The average Bonchev–Trinajstić information content (AvgIpc) is 2.80. The van der Waals surface area contributed by atoms with Crippen molar-refractivity contribution >= 4 is 17.3 Å². The molecular formula is C10H12N4O2S. The van der Waals surface area contributed by atoms with Crippen molar-refractivity contribution < 1.29 is 9.90 Å². The first kappa shape index (κ1) is 11.7. The Morgan fingerprint density at radius 3 is 2.65 bits per heavy atom. The first-order chi connectivity index (χ1) is 8.04. The van der Waals surface area contributed by atoms with E-state index < -0.39 is 5.97 Å². The van der Waals surface area contributed by atoms with E-state index in [2.05, 4.69) is 15.3 Å². The lowest BCUT2D eigenvalue weighted by atomic mass is 10.2. The number of aryl methyl sites for hydroxylation is 3. The van der Waals surface area contributed by atoms with E-state index in [-0.39, 0.29) is 5.69 Å². The highest BCUT2D eigenvalue weighted by atomic mass is 32.1. The van der Waals surface area contributed by atoms with E-state index in [4.69, 9.17) is 5.11 Å². The van der Waals surface area contributed by atoms with Crippen LogP contribution in [-0.4, -0.2) is 31.1 Å². The van der Waals surface area contributed by atoms with Gasteiger partial charge in [-0.1, -0.05) is 5.21 Å². The fourth-order valence-corrected chi connectivity index (χ4v) is 2.62. The standard InChI is InChI=1S/C10H12N4O2S/c1-4-14-8(7(10(15)16)12-13-14)9-5(2)11-6(3)17-9/h4H2,1-3H3,(H,15,16). The maximum Gasteiger partial charge on any atom is 0.358 e. The minimum Gasteiger partial charge on any atom is -0.476 e. The summed E-state index contributed by atoms with van der Waals surface area (Å²) in [6.07, 6.45) is 0. The van der Waals surface area contributed by atoms with Gasteiger partial charge in [-0.3, -0.25) is 0 Å². The van der Waals surface area contributed by atoms with Crippen molar-refractivity contribution in [2.24, 2.45) is 0 Å². The topological polar surface area (TPSA) is 80.9 Å². The maximum absolute atomic E-state index is 11.1. The fraction of sp³-hybridized carbons (Fsp3) is 0.400. The highest BCUT2D eigenvalue weighted by molar-refractivity contribution is 7.15. The Hall–Kier alpha value is -1.76. The van der Waals surface area contributed by atoms with Gasteiger partial charge in [0.1, 0.15) is 5.69 Å². The highest BCUT2D eigenvalue weighted by Gasteiger charge is 2.23. The quantitative estimate of drug-likeness (QED) is 0.899. The molecule has 2 rings (SSSR count). The van der Waals surface area contributed by atoms with Gasteiger partial charge in [-0.15, -0.1) is 16.4 Å². The summed E-state index contributed by atoms with van der Waals surface area (Å²) in [6.45, 7) is 6.22. The van der Waals surface area contributed by atoms with Crippen molar-refractivity contribution in [1.82, 2.24) is 20.0 Å². The monoisotopic (exact) mass is 252 g/mol. The molecule has 0 fully saturated rings. The van der Waals surface area contributed by atoms with Crippen LogP contribution in [0.3, 0.4) is 0 Å².